The third-order valence-electron chi connectivity index (χ3n) is 2.18. The second-order valence-corrected chi connectivity index (χ2v) is 2.91. The van der Waals surface area contributed by atoms with Gasteiger partial charge < -0.3 is 11.5 Å². The summed E-state index contributed by atoms with van der Waals surface area (Å²) >= 11 is 0. The van der Waals surface area contributed by atoms with Crippen molar-refractivity contribution in [1.82, 2.24) is 4.98 Å². The maximum Gasteiger partial charge on any atom is 0.0737 e. The van der Waals surface area contributed by atoms with Crippen molar-refractivity contribution in [2.45, 2.75) is 19.3 Å². The first-order chi connectivity index (χ1) is 5.29. The van der Waals surface area contributed by atoms with E-state index < -0.39 is 0 Å². The minimum atomic E-state index is 0.616. The molecule has 4 N–H and O–H groups in total. The molecular formula is C8H11N3. The second kappa shape index (κ2) is 2.12. The summed E-state index contributed by atoms with van der Waals surface area (Å²) in [5, 5.41) is 0. The molecule has 1 heterocycles. The first-order valence-electron chi connectivity index (χ1n) is 3.80. The van der Waals surface area contributed by atoms with Crippen molar-refractivity contribution >= 4 is 11.4 Å². The maximum atomic E-state index is 5.77. The molecule has 0 unspecified atom stereocenters. The minimum Gasteiger partial charge on any atom is -0.397 e. The Balaban J connectivity index is 2.62. The molecule has 0 saturated heterocycles. The lowest BCUT2D eigenvalue weighted by Crippen LogP contribution is -2.01. The van der Waals surface area contributed by atoms with Gasteiger partial charge in [-0.05, 0) is 24.8 Å². The van der Waals surface area contributed by atoms with Crippen molar-refractivity contribution < 1.29 is 0 Å². The predicted octanol–water partition coefficient (Wildman–Crippen LogP) is 0.735. The molecule has 1 aromatic rings. The van der Waals surface area contributed by atoms with Crippen LogP contribution in [0.4, 0.5) is 11.4 Å². The Kier molecular flexibility index (Phi) is 1.24. The summed E-state index contributed by atoms with van der Waals surface area (Å²) in [6, 6.07) is 0. The summed E-state index contributed by atoms with van der Waals surface area (Å²) in [4.78, 5) is 4.21. The Morgan fingerprint density at radius 3 is 2.91 bits per heavy atom. The number of anilines is 2. The molecule has 2 rings (SSSR count). The van der Waals surface area contributed by atoms with Gasteiger partial charge in [-0.15, -0.1) is 0 Å². The number of aromatic nitrogens is 1. The van der Waals surface area contributed by atoms with Crippen LogP contribution in [-0.2, 0) is 12.8 Å². The average molecular weight is 149 g/mol. The number of hydrogen-bond acceptors (Lipinski definition) is 3. The van der Waals surface area contributed by atoms with Gasteiger partial charge >= 0.3 is 0 Å². The van der Waals surface area contributed by atoms with Crippen LogP contribution in [0.25, 0.3) is 0 Å². The lowest BCUT2D eigenvalue weighted by molar-refractivity contribution is 0.900. The van der Waals surface area contributed by atoms with Crippen LogP contribution < -0.4 is 11.5 Å². The van der Waals surface area contributed by atoms with Gasteiger partial charge in [-0.25, -0.2) is 0 Å². The molecule has 1 aliphatic rings. The van der Waals surface area contributed by atoms with E-state index in [-0.39, 0.29) is 0 Å². The standard InChI is InChI=1S/C8H11N3/c9-6-4-11-7-3-1-2-5(7)8(6)10/h4H,1-3,9H2,(H2,10,11). The topological polar surface area (TPSA) is 64.9 Å². The molecule has 58 valence electrons. The zero-order valence-corrected chi connectivity index (χ0v) is 6.30. The summed E-state index contributed by atoms with van der Waals surface area (Å²) in [5.74, 6) is 0. The molecule has 3 heteroatoms. The molecule has 0 fully saturated rings. The van der Waals surface area contributed by atoms with Gasteiger partial charge in [-0.1, -0.05) is 0 Å². The molecule has 0 atom stereocenters. The van der Waals surface area contributed by atoms with E-state index in [0.29, 0.717) is 5.69 Å². The maximum absolute atomic E-state index is 5.77. The summed E-state index contributed by atoms with van der Waals surface area (Å²) in [7, 11) is 0. The van der Waals surface area contributed by atoms with Gasteiger partial charge in [0.15, 0.2) is 0 Å². The van der Waals surface area contributed by atoms with Gasteiger partial charge in [0.1, 0.15) is 0 Å². The largest absolute Gasteiger partial charge is 0.397 e. The van der Waals surface area contributed by atoms with Crippen LogP contribution in [0.3, 0.4) is 0 Å². The summed E-state index contributed by atoms with van der Waals surface area (Å²) in [6.45, 7) is 0. The number of nitrogens with two attached hydrogens (primary N) is 2. The van der Waals surface area contributed by atoms with E-state index in [2.05, 4.69) is 4.98 Å². The first kappa shape index (κ1) is 6.46. The van der Waals surface area contributed by atoms with E-state index in [4.69, 9.17) is 11.5 Å². The fraction of sp³-hybridized carbons (Fsp3) is 0.375. The van der Waals surface area contributed by atoms with Gasteiger partial charge in [-0.2, -0.15) is 0 Å². The molecule has 0 bridgehead atoms. The van der Waals surface area contributed by atoms with Crippen LogP contribution in [0.15, 0.2) is 6.20 Å². The Morgan fingerprint density at radius 2 is 2.09 bits per heavy atom. The number of nitrogen functional groups attached to an aromatic ring is 2. The van der Waals surface area contributed by atoms with Crippen LogP contribution in [-0.4, -0.2) is 4.98 Å². The van der Waals surface area contributed by atoms with E-state index in [9.17, 15) is 0 Å². The number of rotatable bonds is 0. The number of fused-ring (bicyclic) bond motifs is 1. The molecule has 0 radical (unpaired) electrons. The van der Waals surface area contributed by atoms with E-state index in [1.165, 1.54) is 5.56 Å². The number of pyridine rings is 1. The highest BCUT2D eigenvalue weighted by atomic mass is 14.8. The number of nitrogens with zero attached hydrogens (tertiary/aromatic N) is 1. The van der Waals surface area contributed by atoms with E-state index in [0.717, 1.165) is 30.6 Å². The number of hydrogen-bond donors (Lipinski definition) is 2. The van der Waals surface area contributed by atoms with Crippen molar-refractivity contribution in [3.8, 4) is 0 Å². The SMILES string of the molecule is Nc1cnc2c(c1N)CCC2. The Bertz CT molecular complexity index is 294. The molecule has 0 aromatic carbocycles. The zero-order chi connectivity index (χ0) is 7.84. The molecule has 11 heavy (non-hydrogen) atoms. The minimum absolute atomic E-state index is 0.616. The lowest BCUT2D eigenvalue weighted by atomic mass is 10.2. The predicted molar refractivity (Wildman–Crippen MR) is 45.1 cm³/mol. The van der Waals surface area contributed by atoms with Gasteiger partial charge in [0, 0.05) is 5.69 Å². The second-order valence-electron chi connectivity index (χ2n) is 2.91. The Morgan fingerprint density at radius 1 is 1.27 bits per heavy atom. The van der Waals surface area contributed by atoms with Crippen LogP contribution in [0.5, 0.6) is 0 Å². The summed E-state index contributed by atoms with van der Waals surface area (Å²) in [5.41, 5.74) is 15.0. The zero-order valence-electron chi connectivity index (χ0n) is 6.30. The first-order valence-corrected chi connectivity index (χ1v) is 3.80. The van der Waals surface area contributed by atoms with Crippen molar-refractivity contribution in [1.29, 1.82) is 0 Å². The van der Waals surface area contributed by atoms with Crippen LogP contribution in [0.2, 0.25) is 0 Å². The smallest absolute Gasteiger partial charge is 0.0737 e. The molecule has 1 aromatic heterocycles. The number of aryl methyl sites for hydroxylation is 1. The lowest BCUT2D eigenvalue weighted by Gasteiger charge is -2.04. The van der Waals surface area contributed by atoms with E-state index in [1.807, 2.05) is 0 Å². The van der Waals surface area contributed by atoms with Gasteiger partial charge in [0.05, 0.1) is 17.6 Å². The normalized spacial score (nSPS) is 14.9. The molecule has 0 spiro atoms. The van der Waals surface area contributed by atoms with Gasteiger partial charge in [0.25, 0.3) is 0 Å². The Labute approximate surface area is 65.4 Å². The van der Waals surface area contributed by atoms with Crippen molar-refractivity contribution in [3.63, 3.8) is 0 Å². The monoisotopic (exact) mass is 149 g/mol. The molecule has 3 nitrogen and oxygen atoms in total. The highest BCUT2D eigenvalue weighted by molar-refractivity contribution is 5.67. The van der Waals surface area contributed by atoms with Gasteiger partial charge in [0.2, 0.25) is 0 Å². The van der Waals surface area contributed by atoms with Crippen LogP contribution >= 0.6 is 0 Å². The van der Waals surface area contributed by atoms with Gasteiger partial charge in [-0.3, -0.25) is 4.98 Å². The molecule has 1 aliphatic carbocycles. The van der Waals surface area contributed by atoms with Crippen LogP contribution in [0.1, 0.15) is 17.7 Å². The van der Waals surface area contributed by atoms with Crippen molar-refractivity contribution in [2.24, 2.45) is 0 Å². The Hall–Kier alpha value is -1.25. The van der Waals surface area contributed by atoms with Crippen molar-refractivity contribution in [3.05, 3.63) is 17.5 Å². The molecular weight excluding hydrogens is 138 g/mol. The summed E-state index contributed by atoms with van der Waals surface area (Å²) in [6.07, 6.45) is 4.91. The van der Waals surface area contributed by atoms with E-state index >= 15 is 0 Å². The van der Waals surface area contributed by atoms with Crippen molar-refractivity contribution in [2.75, 3.05) is 11.5 Å². The third-order valence-corrected chi connectivity index (χ3v) is 2.18. The molecule has 0 amide bonds. The highest BCUT2D eigenvalue weighted by Gasteiger charge is 2.15. The summed E-state index contributed by atoms with van der Waals surface area (Å²) < 4.78 is 0. The molecule has 0 aliphatic heterocycles. The quantitative estimate of drug-likeness (QED) is 0.571. The molecule has 0 saturated carbocycles. The highest BCUT2D eigenvalue weighted by Crippen LogP contribution is 2.28. The fourth-order valence-electron chi connectivity index (χ4n) is 1.55. The van der Waals surface area contributed by atoms with Crippen LogP contribution in [0, 0.1) is 0 Å². The average Bonchev–Trinajstić information content (AvgIpc) is 2.45. The third kappa shape index (κ3) is 0.843. The van der Waals surface area contributed by atoms with E-state index in [1.54, 1.807) is 6.20 Å². The fourth-order valence-corrected chi connectivity index (χ4v) is 1.55.